The Kier molecular flexibility index (Phi) is 3.54. The zero-order valence-electron chi connectivity index (χ0n) is 10.2. The van der Waals surface area contributed by atoms with Crippen LogP contribution in [0, 0.1) is 0 Å². The Bertz CT molecular complexity index is 810. The van der Waals surface area contributed by atoms with Crippen molar-refractivity contribution in [1.82, 2.24) is 0 Å². The molecular formula is C12H8F3NO4S. The molecule has 0 aliphatic carbocycles. The zero-order valence-corrected chi connectivity index (χ0v) is 11.0. The monoisotopic (exact) mass is 319 g/mol. The second-order valence-corrected chi connectivity index (χ2v) is 5.55. The summed E-state index contributed by atoms with van der Waals surface area (Å²) in [4.78, 5) is 11.3. The molecule has 0 heterocycles. The summed E-state index contributed by atoms with van der Waals surface area (Å²) in [5.41, 5.74) is -0.579. The van der Waals surface area contributed by atoms with Crippen LogP contribution in [0.15, 0.2) is 36.4 Å². The molecule has 5 nitrogen and oxygen atoms in total. The van der Waals surface area contributed by atoms with Gasteiger partial charge in [0.1, 0.15) is 0 Å². The van der Waals surface area contributed by atoms with Gasteiger partial charge in [-0.15, -0.1) is 0 Å². The maximum atomic E-state index is 12.4. The van der Waals surface area contributed by atoms with Crippen molar-refractivity contribution >= 4 is 26.8 Å². The number of amides is 1. The highest BCUT2D eigenvalue weighted by Crippen LogP contribution is 2.33. The van der Waals surface area contributed by atoms with Crippen molar-refractivity contribution in [3.63, 3.8) is 0 Å². The molecule has 0 atom stereocenters. The van der Waals surface area contributed by atoms with Crippen LogP contribution in [0.3, 0.4) is 0 Å². The maximum Gasteiger partial charge on any atom is 0.534 e. The van der Waals surface area contributed by atoms with E-state index in [-0.39, 0.29) is 10.9 Å². The third-order valence-corrected chi connectivity index (χ3v) is 3.58. The van der Waals surface area contributed by atoms with Gasteiger partial charge in [-0.1, -0.05) is 24.3 Å². The average molecular weight is 319 g/mol. The molecule has 2 aromatic carbocycles. The normalized spacial score (nSPS) is 12.3. The van der Waals surface area contributed by atoms with E-state index in [0.29, 0.717) is 5.39 Å². The summed E-state index contributed by atoms with van der Waals surface area (Å²) in [6.45, 7) is 0. The number of rotatable bonds is 3. The van der Waals surface area contributed by atoms with E-state index in [0.717, 1.165) is 6.07 Å². The number of alkyl halides is 3. The van der Waals surface area contributed by atoms with E-state index in [4.69, 9.17) is 5.73 Å². The maximum absolute atomic E-state index is 12.4. The second kappa shape index (κ2) is 4.92. The third kappa shape index (κ3) is 2.77. The molecule has 0 aliphatic rings. The van der Waals surface area contributed by atoms with Crippen molar-refractivity contribution in [1.29, 1.82) is 0 Å². The molecule has 0 radical (unpaired) electrons. The summed E-state index contributed by atoms with van der Waals surface area (Å²) in [7, 11) is -5.84. The Morgan fingerprint density at radius 1 is 1.10 bits per heavy atom. The van der Waals surface area contributed by atoms with Crippen molar-refractivity contribution in [2.75, 3.05) is 0 Å². The van der Waals surface area contributed by atoms with Crippen molar-refractivity contribution in [2.45, 2.75) is 5.51 Å². The van der Waals surface area contributed by atoms with Gasteiger partial charge in [0.2, 0.25) is 5.91 Å². The van der Waals surface area contributed by atoms with Gasteiger partial charge in [0.25, 0.3) is 0 Å². The van der Waals surface area contributed by atoms with Gasteiger partial charge in [-0.3, -0.25) is 4.79 Å². The molecule has 0 unspecified atom stereocenters. The van der Waals surface area contributed by atoms with E-state index in [1.807, 2.05) is 0 Å². The van der Waals surface area contributed by atoms with E-state index in [1.165, 1.54) is 30.3 Å². The lowest BCUT2D eigenvalue weighted by atomic mass is 10.0. The first-order chi connectivity index (χ1) is 9.63. The third-order valence-electron chi connectivity index (χ3n) is 2.61. The van der Waals surface area contributed by atoms with Crippen LogP contribution in [0.5, 0.6) is 5.75 Å². The van der Waals surface area contributed by atoms with E-state index >= 15 is 0 Å². The number of fused-ring (bicyclic) bond motifs is 1. The number of carbonyl (C=O) groups excluding carboxylic acids is 1. The first-order valence-electron chi connectivity index (χ1n) is 5.46. The Hall–Kier alpha value is -2.29. The van der Waals surface area contributed by atoms with Crippen LogP contribution in [0.2, 0.25) is 0 Å². The Morgan fingerprint density at radius 2 is 1.67 bits per heavy atom. The van der Waals surface area contributed by atoms with Crippen LogP contribution in [0.25, 0.3) is 10.8 Å². The second-order valence-electron chi connectivity index (χ2n) is 4.01. The molecule has 0 fully saturated rings. The highest BCUT2D eigenvalue weighted by atomic mass is 32.2. The fraction of sp³-hybridized carbons (Fsp3) is 0.0833. The predicted octanol–water partition coefficient (Wildman–Crippen LogP) is 2.17. The van der Waals surface area contributed by atoms with Crippen molar-refractivity contribution < 1.29 is 30.6 Å². The Balaban J connectivity index is 2.69. The lowest BCUT2D eigenvalue weighted by Gasteiger charge is -2.12. The molecule has 0 spiro atoms. The minimum atomic E-state index is -5.84. The Labute approximate surface area is 117 Å². The lowest BCUT2D eigenvalue weighted by Crippen LogP contribution is -2.28. The van der Waals surface area contributed by atoms with Gasteiger partial charge in [-0.25, -0.2) is 0 Å². The molecule has 2 rings (SSSR count). The zero-order chi connectivity index (χ0) is 15.8. The summed E-state index contributed by atoms with van der Waals surface area (Å²) in [6.07, 6.45) is 0. The fourth-order valence-electron chi connectivity index (χ4n) is 1.75. The molecular weight excluding hydrogens is 311 g/mol. The van der Waals surface area contributed by atoms with Gasteiger partial charge in [0.05, 0.1) is 5.56 Å². The summed E-state index contributed by atoms with van der Waals surface area (Å²) in [5, 5.41) is 0.224. The topological polar surface area (TPSA) is 86.5 Å². The lowest BCUT2D eigenvalue weighted by molar-refractivity contribution is -0.0499. The number of nitrogens with two attached hydrogens (primary N) is 1. The molecule has 9 heteroatoms. The predicted molar refractivity (Wildman–Crippen MR) is 68.1 cm³/mol. The van der Waals surface area contributed by atoms with Gasteiger partial charge in [0.15, 0.2) is 5.75 Å². The molecule has 0 aliphatic heterocycles. The van der Waals surface area contributed by atoms with Crippen LogP contribution in [-0.2, 0) is 10.1 Å². The van der Waals surface area contributed by atoms with Crippen molar-refractivity contribution in [3.05, 3.63) is 42.0 Å². The smallest absolute Gasteiger partial charge is 0.375 e. The van der Waals surface area contributed by atoms with Gasteiger partial charge in [-0.05, 0) is 17.5 Å². The molecule has 21 heavy (non-hydrogen) atoms. The summed E-state index contributed by atoms with van der Waals surface area (Å²) in [5.74, 6) is -1.53. The molecule has 2 N–H and O–H groups in total. The number of hydrogen-bond acceptors (Lipinski definition) is 4. The number of benzene rings is 2. The molecule has 112 valence electrons. The van der Waals surface area contributed by atoms with E-state index < -0.39 is 27.3 Å². The van der Waals surface area contributed by atoms with E-state index in [1.54, 1.807) is 0 Å². The molecule has 0 saturated carbocycles. The minimum absolute atomic E-state index is 0.0969. The molecule has 2 aromatic rings. The van der Waals surface area contributed by atoms with E-state index in [9.17, 15) is 26.4 Å². The minimum Gasteiger partial charge on any atom is -0.375 e. The van der Waals surface area contributed by atoms with Crippen LogP contribution in [0.4, 0.5) is 13.2 Å². The molecule has 0 bridgehead atoms. The quantitative estimate of drug-likeness (QED) is 0.694. The highest BCUT2D eigenvalue weighted by molar-refractivity contribution is 7.88. The van der Waals surface area contributed by atoms with Gasteiger partial charge in [-0.2, -0.15) is 21.6 Å². The van der Waals surface area contributed by atoms with Gasteiger partial charge < -0.3 is 9.92 Å². The average Bonchev–Trinajstić information content (AvgIpc) is 2.36. The number of halogens is 3. The first-order valence-corrected chi connectivity index (χ1v) is 6.86. The number of carbonyl (C=O) groups is 1. The van der Waals surface area contributed by atoms with Crippen molar-refractivity contribution in [2.24, 2.45) is 5.73 Å². The number of primary amides is 1. The standard InChI is InChI=1S/C12H8F3NO4S/c13-12(14,15)21(18,19)20-9-6-2-4-7-3-1-5-8(10(7)9)11(16)17/h1-6H,(H2,16,17). The van der Waals surface area contributed by atoms with Gasteiger partial charge in [0, 0.05) is 5.39 Å². The summed E-state index contributed by atoms with van der Waals surface area (Å²) in [6, 6.07) is 8.00. The molecule has 0 aromatic heterocycles. The van der Waals surface area contributed by atoms with E-state index in [2.05, 4.69) is 4.18 Å². The van der Waals surface area contributed by atoms with Crippen LogP contribution in [-0.4, -0.2) is 19.8 Å². The largest absolute Gasteiger partial charge is 0.534 e. The van der Waals surface area contributed by atoms with Crippen molar-refractivity contribution in [3.8, 4) is 5.75 Å². The first kappa shape index (κ1) is 15.1. The molecule has 0 saturated heterocycles. The van der Waals surface area contributed by atoms with Crippen LogP contribution < -0.4 is 9.92 Å². The van der Waals surface area contributed by atoms with Crippen LogP contribution >= 0.6 is 0 Å². The Morgan fingerprint density at radius 3 is 2.19 bits per heavy atom. The highest BCUT2D eigenvalue weighted by Gasteiger charge is 2.48. The summed E-state index contributed by atoms with van der Waals surface area (Å²) >= 11 is 0. The van der Waals surface area contributed by atoms with Crippen LogP contribution in [0.1, 0.15) is 10.4 Å². The molecule has 1 amide bonds. The SMILES string of the molecule is NC(=O)c1cccc2cccc(OS(=O)(=O)C(F)(F)F)c12. The fourth-order valence-corrected chi connectivity index (χ4v) is 2.22. The number of hydrogen-bond donors (Lipinski definition) is 1. The summed E-state index contributed by atoms with van der Waals surface area (Å²) < 4.78 is 63.4. The van der Waals surface area contributed by atoms with Gasteiger partial charge >= 0.3 is 15.6 Å².